The van der Waals surface area contributed by atoms with Crippen LogP contribution in [0, 0.1) is 5.92 Å². The van der Waals surface area contributed by atoms with Gasteiger partial charge in [-0.25, -0.2) is 8.42 Å². The number of hydrogen-bond acceptors (Lipinski definition) is 4. The predicted octanol–water partition coefficient (Wildman–Crippen LogP) is 1.85. The molecule has 0 heterocycles. The molecule has 6 nitrogen and oxygen atoms in total. The first-order chi connectivity index (χ1) is 10.8. The lowest BCUT2D eigenvalue weighted by Gasteiger charge is -2.23. The van der Waals surface area contributed by atoms with Crippen LogP contribution in [0.3, 0.4) is 0 Å². The van der Waals surface area contributed by atoms with E-state index in [0.29, 0.717) is 12.8 Å². The van der Waals surface area contributed by atoms with E-state index < -0.39 is 33.7 Å². The lowest BCUT2D eigenvalue weighted by Crippen LogP contribution is -2.42. The number of carboxylic acids is 1. The van der Waals surface area contributed by atoms with Crippen molar-refractivity contribution in [3.05, 3.63) is 29.8 Å². The van der Waals surface area contributed by atoms with Crippen molar-refractivity contribution in [1.29, 1.82) is 0 Å². The van der Waals surface area contributed by atoms with Crippen molar-refractivity contribution in [2.24, 2.45) is 5.92 Å². The molecule has 1 saturated carbocycles. The molecule has 1 amide bonds. The second kappa shape index (κ2) is 7.12. The highest BCUT2D eigenvalue weighted by molar-refractivity contribution is 7.90. The Morgan fingerprint density at radius 2 is 1.87 bits per heavy atom. The van der Waals surface area contributed by atoms with Crippen molar-refractivity contribution >= 4 is 21.7 Å². The van der Waals surface area contributed by atoms with Gasteiger partial charge in [-0.1, -0.05) is 25.3 Å². The van der Waals surface area contributed by atoms with E-state index in [-0.39, 0.29) is 10.5 Å². The van der Waals surface area contributed by atoms with E-state index in [1.54, 1.807) is 0 Å². The maximum atomic E-state index is 12.4. The Balaban J connectivity index is 2.18. The molecular weight excluding hydrogens is 318 g/mol. The minimum atomic E-state index is -3.40. The van der Waals surface area contributed by atoms with E-state index in [0.717, 1.165) is 25.5 Å². The van der Waals surface area contributed by atoms with Gasteiger partial charge in [-0.05, 0) is 31.0 Å². The molecule has 0 saturated heterocycles. The summed E-state index contributed by atoms with van der Waals surface area (Å²) < 4.78 is 23.2. The molecule has 126 valence electrons. The highest BCUT2D eigenvalue weighted by atomic mass is 32.2. The topological polar surface area (TPSA) is 101 Å². The average molecular weight is 339 g/mol. The molecule has 7 heteroatoms. The van der Waals surface area contributed by atoms with Gasteiger partial charge in [0.25, 0.3) is 5.91 Å². The molecule has 23 heavy (non-hydrogen) atoms. The fourth-order valence-electron chi connectivity index (χ4n) is 2.90. The summed E-state index contributed by atoms with van der Waals surface area (Å²) in [5.74, 6) is -1.93. The van der Waals surface area contributed by atoms with E-state index in [1.807, 2.05) is 0 Å². The van der Waals surface area contributed by atoms with E-state index in [9.17, 15) is 23.1 Å². The van der Waals surface area contributed by atoms with Gasteiger partial charge in [-0.15, -0.1) is 0 Å². The van der Waals surface area contributed by atoms with E-state index in [2.05, 4.69) is 5.32 Å². The van der Waals surface area contributed by atoms with Crippen molar-refractivity contribution in [3.8, 4) is 0 Å². The summed E-state index contributed by atoms with van der Waals surface area (Å²) >= 11 is 0. The van der Waals surface area contributed by atoms with Crippen LogP contribution in [0.2, 0.25) is 0 Å². The van der Waals surface area contributed by atoms with Crippen molar-refractivity contribution in [2.75, 3.05) is 6.26 Å². The van der Waals surface area contributed by atoms with Crippen LogP contribution in [-0.4, -0.2) is 37.7 Å². The highest BCUT2D eigenvalue weighted by Crippen LogP contribution is 2.24. The smallest absolute Gasteiger partial charge is 0.308 e. The summed E-state index contributed by atoms with van der Waals surface area (Å²) in [6, 6.07) is 5.35. The molecule has 0 bridgehead atoms. The number of carbonyl (C=O) groups excluding carboxylic acids is 1. The van der Waals surface area contributed by atoms with Crippen LogP contribution in [0.1, 0.15) is 42.5 Å². The molecule has 0 radical (unpaired) electrons. The number of carboxylic acid groups (broad SMARTS) is 1. The minimum Gasteiger partial charge on any atom is -0.481 e. The summed E-state index contributed by atoms with van der Waals surface area (Å²) in [5.41, 5.74) is 0.223. The minimum absolute atomic E-state index is 0.0702. The zero-order valence-corrected chi connectivity index (χ0v) is 13.8. The standard InChI is InChI=1S/C16H21NO5S/c1-23(21,22)12-7-5-6-11(10-12)15(18)17-14-9-4-2-3-8-13(14)16(19)20/h5-7,10,13-14H,2-4,8-9H2,1H3,(H,17,18)(H,19,20)/t13-,14+/m1/s1. The number of aliphatic carboxylic acids is 1. The van der Waals surface area contributed by atoms with Crippen molar-refractivity contribution < 1.29 is 23.1 Å². The van der Waals surface area contributed by atoms with Crippen LogP contribution in [-0.2, 0) is 14.6 Å². The summed E-state index contributed by atoms with van der Waals surface area (Å²) in [6.07, 6.45) is 4.92. The second-order valence-corrected chi connectivity index (χ2v) is 7.98. The lowest BCUT2D eigenvalue weighted by atomic mass is 9.94. The first-order valence-electron chi connectivity index (χ1n) is 7.63. The third kappa shape index (κ3) is 4.54. The van der Waals surface area contributed by atoms with Gasteiger partial charge in [0.2, 0.25) is 0 Å². The maximum Gasteiger partial charge on any atom is 0.308 e. The predicted molar refractivity (Wildman–Crippen MR) is 85.0 cm³/mol. The molecule has 0 spiro atoms. The van der Waals surface area contributed by atoms with Crippen molar-refractivity contribution in [1.82, 2.24) is 5.32 Å². The number of rotatable bonds is 4. The lowest BCUT2D eigenvalue weighted by molar-refractivity contribution is -0.142. The maximum absolute atomic E-state index is 12.4. The van der Waals surface area contributed by atoms with Gasteiger partial charge in [-0.3, -0.25) is 9.59 Å². The molecule has 1 aromatic rings. The number of carbonyl (C=O) groups is 2. The van der Waals surface area contributed by atoms with Crippen LogP contribution in [0.15, 0.2) is 29.2 Å². The van der Waals surface area contributed by atoms with Crippen LogP contribution in [0.5, 0.6) is 0 Å². The molecule has 1 aromatic carbocycles. The first-order valence-corrected chi connectivity index (χ1v) is 9.52. The summed E-state index contributed by atoms with van der Waals surface area (Å²) in [6.45, 7) is 0. The fraction of sp³-hybridized carbons (Fsp3) is 0.500. The van der Waals surface area contributed by atoms with E-state index in [4.69, 9.17) is 0 Å². The molecule has 2 rings (SSSR count). The highest BCUT2D eigenvalue weighted by Gasteiger charge is 2.30. The first kappa shape index (κ1) is 17.5. The number of hydrogen-bond donors (Lipinski definition) is 2. The Labute approximate surface area is 135 Å². The normalized spacial score (nSPS) is 22.1. The zero-order chi connectivity index (χ0) is 17.0. The van der Waals surface area contributed by atoms with Crippen molar-refractivity contribution in [2.45, 2.75) is 43.0 Å². The Kier molecular flexibility index (Phi) is 5.41. The summed E-state index contributed by atoms with van der Waals surface area (Å²) in [5, 5.41) is 12.1. The molecule has 0 aliphatic heterocycles. The van der Waals surface area contributed by atoms with Gasteiger partial charge < -0.3 is 10.4 Å². The van der Waals surface area contributed by atoms with E-state index in [1.165, 1.54) is 24.3 Å². The number of benzene rings is 1. The summed E-state index contributed by atoms with van der Waals surface area (Å²) in [4.78, 5) is 23.8. The van der Waals surface area contributed by atoms with Crippen LogP contribution < -0.4 is 5.32 Å². The van der Waals surface area contributed by atoms with Crippen LogP contribution in [0.25, 0.3) is 0 Å². The SMILES string of the molecule is CS(=O)(=O)c1cccc(C(=O)N[C@H]2CCCCC[C@H]2C(=O)O)c1. The fourth-order valence-corrected chi connectivity index (χ4v) is 3.56. The van der Waals surface area contributed by atoms with Crippen LogP contribution >= 0.6 is 0 Å². The third-order valence-corrected chi connectivity index (χ3v) is 5.28. The number of amides is 1. The molecule has 0 unspecified atom stereocenters. The summed E-state index contributed by atoms with van der Waals surface area (Å²) in [7, 11) is -3.40. The van der Waals surface area contributed by atoms with E-state index >= 15 is 0 Å². The van der Waals surface area contributed by atoms with Crippen LogP contribution in [0.4, 0.5) is 0 Å². The Morgan fingerprint density at radius 3 is 2.52 bits per heavy atom. The quantitative estimate of drug-likeness (QED) is 0.815. The van der Waals surface area contributed by atoms with Gasteiger partial charge in [0.15, 0.2) is 9.84 Å². The monoisotopic (exact) mass is 339 g/mol. The molecule has 2 atom stereocenters. The molecular formula is C16H21NO5S. The van der Waals surface area contributed by atoms with Gasteiger partial charge in [0.1, 0.15) is 0 Å². The van der Waals surface area contributed by atoms with Crippen molar-refractivity contribution in [3.63, 3.8) is 0 Å². The zero-order valence-electron chi connectivity index (χ0n) is 13.0. The number of sulfone groups is 1. The third-order valence-electron chi connectivity index (χ3n) is 4.17. The largest absolute Gasteiger partial charge is 0.481 e. The molecule has 1 aliphatic carbocycles. The Hall–Kier alpha value is -1.89. The van der Waals surface area contributed by atoms with Gasteiger partial charge in [0.05, 0.1) is 10.8 Å². The second-order valence-electron chi connectivity index (χ2n) is 5.96. The molecule has 1 fully saturated rings. The van der Waals surface area contributed by atoms with Gasteiger partial charge >= 0.3 is 5.97 Å². The Bertz CT molecular complexity index is 698. The Morgan fingerprint density at radius 1 is 1.17 bits per heavy atom. The van der Waals surface area contributed by atoms with Gasteiger partial charge in [0, 0.05) is 17.9 Å². The molecule has 0 aromatic heterocycles. The molecule has 1 aliphatic rings. The number of nitrogens with one attached hydrogen (secondary N) is 1. The van der Waals surface area contributed by atoms with Gasteiger partial charge in [-0.2, -0.15) is 0 Å². The average Bonchev–Trinajstić information content (AvgIpc) is 2.72. The molecule has 2 N–H and O–H groups in total.